The molecule has 2 aromatic heterocycles. The zero-order valence-electron chi connectivity index (χ0n) is 12.7. The quantitative estimate of drug-likeness (QED) is 0.941. The van der Waals surface area contributed by atoms with Crippen LogP contribution in [-0.2, 0) is 11.3 Å². The summed E-state index contributed by atoms with van der Waals surface area (Å²) in [5.74, 6) is 0.0443. The summed E-state index contributed by atoms with van der Waals surface area (Å²) in [7, 11) is 0. The fourth-order valence-electron chi connectivity index (χ4n) is 2.30. The van der Waals surface area contributed by atoms with Gasteiger partial charge in [0.25, 0.3) is 0 Å². The molecule has 0 spiro atoms. The Morgan fingerprint density at radius 2 is 2.10 bits per heavy atom. The first-order valence-corrected chi connectivity index (χ1v) is 7.65. The number of carbonyl (C=O) groups excluding carboxylic acids is 1. The van der Waals surface area contributed by atoms with E-state index in [1.807, 2.05) is 39.2 Å². The van der Waals surface area contributed by atoms with E-state index in [9.17, 15) is 4.79 Å². The third-order valence-corrected chi connectivity index (χ3v) is 3.99. The predicted octanol–water partition coefficient (Wildman–Crippen LogP) is 3.06. The maximum Gasteiger partial charge on any atom is 0.240 e. The zero-order valence-corrected chi connectivity index (χ0v) is 13.5. The van der Waals surface area contributed by atoms with Crippen molar-refractivity contribution in [2.45, 2.75) is 47.2 Å². The highest BCUT2D eigenvalue weighted by molar-refractivity contribution is 7.09. The van der Waals surface area contributed by atoms with Gasteiger partial charge in [0, 0.05) is 28.4 Å². The average Bonchev–Trinajstić information content (AvgIpc) is 2.87. The molecule has 0 atom stereocenters. The second kappa shape index (κ2) is 5.79. The molecule has 2 aromatic rings. The van der Waals surface area contributed by atoms with Gasteiger partial charge in [-0.25, -0.2) is 4.98 Å². The van der Waals surface area contributed by atoms with Gasteiger partial charge < -0.3 is 9.88 Å². The van der Waals surface area contributed by atoms with Crippen LogP contribution in [0.3, 0.4) is 0 Å². The molecule has 0 aliphatic heterocycles. The minimum absolute atomic E-state index is 0.0443. The molecular weight excluding hydrogens is 270 g/mol. The Bertz CT molecular complexity index is 625. The van der Waals surface area contributed by atoms with E-state index in [0.717, 1.165) is 27.7 Å². The Kier molecular flexibility index (Phi) is 4.28. The average molecular weight is 291 g/mol. The first-order valence-electron chi connectivity index (χ1n) is 6.77. The first-order chi connectivity index (χ1) is 9.38. The van der Waals surface area contributed by atoms with Gasteiger partial charge in [0.05, 0.1) is 10.7 Å². The molecule has 0 radical (unpaired) electrons. The van der Waals surface area contributed by atoms with Crippen molar-refractivity contribution in [2.24, 2.45) is 0 Å². The lowest BCUT2D eigenvalue weighted by atomic mass is 10.2. The number of amides is 1. The monoisotopic (exact) mass is 291 g/mol. The van der Waals surface area contributed by atoms with Crippen molar-refractivity contribution in [3.63, 3.8) is 0 Å². The number of nitrogens with one attached hydrogen (secondary N) is 1. The molecule has 0 aromatic carbocycles. The maximum atomic E-state index is 11.9. The number of aromatic nitrogens is 2. The van der Waals surface area contributed by atoms with Crippen LogP contribution in [0.15, 0.2) is 11.4 Å². The van der Waals surface area contributed by atoms with Crippen LogP contribution in [-0.4, -0.2) is 21.5 Å². The van der Waals surface area contributed by atoms with Crippen LogP contribution >= 0.6 is 11.3 Å². The summed E-state index contributed by atoms with van der Waals surface area (Å²) in [5.41, 5.74) is 4.29. The van der Waals surface area contributed by atoms with Gasteiger partial charge in [-0.15, -0.1) is 11.3 Å². The van der Waals surface area contributed by atoms with Gasteiger partial charge in [-0.1, -0.05) is 0 Å². The van der Waals surface area contributed by atoms with E-state index in [1.165, 1.54) is 0 Å². The fraction of sp³-hybridized carbons (Fsp3) is 0.467. The van der Waals surface area contributed by atoms with Crippen LogP contribution in [0.2, 0.25) is 0 Å². The van der Waals surface area contributed by atoms with E-state index >= 15 is 0 Å². The van der Waals surface area contributed by atoms with Crippen molar-refractivity contribution in [2.75, 3.05) is 0 Å². The van der Waals surface area contributed by atoms with Gasteiger partial charge in [-0.2, -0.15) is 0 Å². The molecule has 5 heteroatoms. The molecule has 0 unspecified atom stereocenters. The van der Waals surface area contributed by atoms with Crippen molar-refractivity contribution in [3.05, 3.63) is 27.8 Å². The van der Waals surface area contributed by atoms with E-state index in [4.69, 9.17) is 0 Å². The highest BCUT2D eigenvalue weighted by Crippen LogP contribution is 2.27. The van der Waals surface area contributed by atoms with Gasteiger partial charge in [-0.05, 0) is 40.7 Å². The van der Waals surface area contributed by atoms with Crippen molar-refractivity contribution in [1.82, 2.24) is 14.9 Å². The molecule has 1 amide bonds. The first kappa shape index (κ1) is 14.8. The Morgan fingerprint density at radius 1 is 1.40 bits per heavy atom. The number of rotatable bonds is 4. The lowest BCUT2D eigenvalue weighted by Gasteiger charge is -2.12. The van der Waals surface area contributed by atoms with Crippen molar-refractivity contribution < 1.29 is 4.79 Å². The van der Waals surface area contributed by atoms with Gasteiger partial charge >= 0.3 is 0 Å². The van der Waals surface area contributed by atoms with Crippen LogP contribution in [0.25, 0.3) is 11.3 Å². The lowest BCUT2D eigenvalue weighted by Crippen LogP contribution is -2.33. The highest BCUT2D eigenvalue weighted by Gasteiger charge is 2.15. The highest BCUT2D eigenvalue weighted by atomic mass is 32.1. The summed E-state index contributed by atoms with van der Waals surface area (Å²) in [5, 5.41) is 6.05. The third-order valence-electron chi connectivity index (χ3n) is 3.22. The summed E-state index contributed by atoms with van der Waals surface area (Å²) in [4.78, 5) is 16.5. The van der Waals surface area contributed by atoms with Crippen LogP contribution < -0.4 is 5.32 Å². The van der Waals surface area contributed by atoms with E-state index < -0.39 is 0 Å². The normalized spacial score (nSPS) is 11.1. The largest absolute Gasteiger partial charge is 0.352 e. The molecular formula is C15H21N3OS. The van der Waals surface area contributed by atoms with Crippen LogP contribution in [0.5, 0.6) is 0 Å². The van der Waals surface area contributed by atoms with Crippen molar-refractivity contribution in [3.8, 4) is 11.3 Å². The Balaban J connectivity index is 2.27. The number of carbonyl (C=O) groups is 1. The smallest absolute Gasteiger partial charge is 0.240 e. The van der Waals surface area contributed by atoms with Gasteiger partial charge in [0.2, 0.25) is 5.91 Å². The van der Waals surface area contributed by atoms with Gasteiger partial charge in [0.1, 0.15) is 6.54 Å². The number of thiazole rings is 1. The lowest BCUT2D eigenvalue weighted by molar-refractivity contribution is -0.122. The number of hydrogen-bond acceptors (Lipinski definition) is 3. The molecule has 0 aliphatic rings. The summed E-state index contributed by atoms with van der Waals surface area (Å²) in [6.07, 6.45) is 0. The fourth-order valence-corrected chi connectivity index (χ4v) is 2.92. The molecule has 0 saturated heterocycles. The molecule has 0 bridgehead atoms. The SMILES string of the molecule is Cc1nc(-c2cc(C)n(CC(=O)NC(C)C)c2C)cs1. The Morgan fingerprint density at radius 3 is 2.65 bits per heavy atom. The summed E-state index contributed by atoms with van der Waals surface area (Å²) in [6.45, 7) is 10.4. The van der Waals surface area contributed by atoms with E-state index in [-0.39, 0.29) is 11.9 Å². The molecule has 20 heavy (non-hydrogen) atoms. The van der Waals surface area contributed by atoms with E-state index in [1.54, 1.807) is 11.3 Å². The number of nitrogens with zero attached hydrogens (tertiary/aromatic N) is 2. The van der Waals surface area contributed by atoms with Crippen LogP contribution in [0.1, 0.15) is 30.2 Å². The summed E-state index contributed by atoms with van der Waals surface area (Å²) >= 11 is 1.65. The van der Waals surface area contributed by atoms with Crippen LogP contribution in [0.4, 0.5) is 0 Å². The molecule has 108 valence electrons. The standard InChI is InChI=1S/C15H21N3OS/c1-9(2)16-15(19)7-18-10(3)6-13(11(18)4)14-8-20-12(5)17-14/h6,8-9H,7H2,1-5H3,(H,16,19). The molecule has 1 N–H and O–H groups in total. The molecule has 2 rings (SSSR count). The maximum absolute atomic E-state index is 11.9. The molecule has 2 heterocycles. The summed E-state index contributed by atoms with van der Waals surface area (Å²) < 4.78 is 2.04. The van der Waals surface area contributed by atoms with Crippen LogP contribution in [0, 0.1) is 20.8 Å². The second-order valence-electron chi connectivity index (χ2n) is 5.34. The third kappa shape index (κ3) is 3.10. The number of aryl methyl sites for hydroxylation is 2. The van der Waals surface area contributed by atoms with E-state index in [0.29, 0.717) is 6.54 Å². The predicted molar refractivity (Wildman–Crippen MR) is 83.0 cm³/mol. The topological polar surface area (TPSA) is 46.9 Å². The summed E-state index contributed by atoms with van der Waals surface area (Å²) in [6, 6.07) is 2.27. The Labute approximate surface area is 123 Å². The number of hydrogen-bond donors (Lipinski definition) is 1. The minimum Gasteiger partial charge on any atom is -0.352 e. The second-order valence-corrected chi connectivity index (χ2v) is 6.41. The van der Waals surface area contributed by atoms with Crippen molar-refractivity contribution in [1.29, 1.82) is 0 Å². The zero-order chi connectivity index (χ0) is 14.9. The molecule has 0 fully saturated rings. The molecule has 0 aliphatic carbocycles. The Hall–Kier alpha value is -1.62. The van der Waals surface area contributed by atoms with Gasteiger partial charge in [-0.3, -0.25) is 4.79 Å². The molecule has 4 nitrogen and oxygen atoms in total. The van der Waals surface area contributed by atoms with Crippen molar-refractivity contribution >= 4 is 17.2 Å². The van der Waals surface area contributed by atoms with Gasteiger partial charge in [0.15, 0.2) is 0 Å². The minimum atomic E-state index is 0.0443. The molecule has 0 saturated carbocycles. The van der Waals surface area contributed by atoms with E-state index in [2.05, 4.69) is 21.7 Å².